The van der Waals surface area contributed by atoms with Crippen LogP contribution in [-0.4, -0.2) is 54.0 Å². The predicted molar refractivity (Wildman–Crippen MR) is 102 cm³/mol. The molecule has 0 aromatic heterocycles. The first kappa shape index (κ1) is 18.6. The average molecular weight is 400 g/mol. The lowest BCUT2D eigenvalue weighted by Gasteiger charge is -2.29. The number of carbonyl (C=O) groups is 2. The van der Waals surface area contributed by atoms with Crippen molar-refractivity contribution >= 4 is 21.8 Å². The van der Waals surface area contributed by atoms with Gasteiger partial charge in [-0.3, -0.25) is 9.69 Å². The number of benzene rings is 2. The first-order valence-corrected chi connectivity index (χ1v) is 10.8. The molecule has 0 bridgehead atoms. The van der Waals surface area contributed by atoms with Crippen molar-refractivity contribution in [2.75, 3.05) is 11.5 Å². The molecule has 7 nitrogen and oxygen atoms in total. The molecule has 2 N–H and O–H groups in total. The Labute approximate surface area is 162 Å². The van der Waals surface area contributed by atoms with E-state index < -0.39 is 51.0 Å². The third-order valence-corrected chi connectivity index (χ3v) is 7.03. The van der Waals surface area contributed by atoms with Gasteiger partial charge in [-0.15, -0.1) is 0 Å². The molecule has 146 valence electrons. The zero-order valence-electron chi connectivity index (χ0n) is 15.0. The van der Waals surface area contributed by atoms with Gasteiger partial charge >= 0.3 is 6.03 Å². The number of aliphatic hydroxyl groups is 1. The lowest BCUT2D eigenvalue weighted by atomic mass is 9.83. The number of carbonyl (C=O) groups excluding carboxylic acids is 2. The van der Waals surface area contributed by atoms with Gasteiger partial charge in [0, 0.05) is 6.42 Å². The molecule has 8 heteroatoms. The van der Waals surface area contributed by atoms with Crippen LogP contribution < -0.4 is 5.32 Å². The van der Waals surface area contributed by atoms with Gasteiger partial charge in [0.15, 0.2) is 15.4 Å². The van der Waals surface area contributed by atoms with Crippen molar-refractivity contribution < 1.29 is 23.1 Å². The topological polar surface area (TPSA) is 104 Å². The largest absolute Gasteiger partial charge is 0.390 e. The standard InChI is InChI=1S/C20H20N2O5S/c23-17-13-28(26,27)12-16(17)22-18(24)20(21-19(22)25,15-9-5-2-6-10-15)11-14-7-3-1-4-8-14/h1-10,16-17,23H,11-13H2,(H,21,25)/t16-,17-,20+/m0/s1. The molecule has 0 unspecified atom stereocenters. The number of urea groups is 1. The Bertz CT molecular complexity index is 1010. The van der Waals surface area contributed by atoms with Gasteiger partial charge in [0.2, 0.25) is 0 Å². The van der Waals surface area contributed by atoms with Crippen LogP contribution >= 0.6 is 0 Å². The summed E-state index contributed by atoms with van der Waals surface area (Å²) < 4.78 is 23.8. The predicted octanol–water partition coefficient (Wildman–Crippen LogP) is 0.834. The minimum Gasteiger partial charge on any atom is -0.390 e. The Kier molecular flexibility index (Phi) is 4.47. The minimum atomic E-state index is -3.51. The Morgan fingerprint density at radius 2 is 1.61 bits per heavy atom. The summed E-state index contributed by atoms with van der Waals surface area (Å²) in [6.45, 7) is 0. The van der Waals surface area contributed by atoms with E-state index in [9.17, 15) is 23.1 Å². The van der Waals surface area contributed by atoms with Crippen molar-refractivity contribution in [1.82, 2.24) is 10.2 Å². The van der Waals surface area contributed by atoms with E-state index in [1.54, 1.807) is 24.3 Å². The van der Waals surface area contributed by atoms with E-state index in [2.05, 4.69) is 5.32 Å². The SMILES string of the molecule is O=C1N[C@](Cc2ccccc2)(c2ccccc2)C(=O)N1[C@H]1CS(=O)(=O)C[C@@H]1O. The van der Waals surface area contributed by atoms with Crippen molar-refractivity contribution in [3.05, 3.63) is 71.8 Å². The summed E-state index contributed by atoms with van der Waals surface area (Å²) in [5.74, 6) is -1.43. The summed E-state index contributed by atoms with van der Waals surface area (Å²) in [5, 5.41) is 13.0. The number of amides is 3. The van der Waals surface area contributed by atoms with Crippen LogP contribution in [0.5, 0.6) is 0 Å². The summed E-state index contributed by atoms with van der Waals surface area (Å²) in [7, 11) is -3.51. The molecule has 0 radical (unpaired) electrons. The highest BCUT2D eigenvalue weighted by Gasteiger charge is 2.57. The molecule has 3 atom stereocenters. The highest BCUT2D eigenvalue weighted by atomic mass is 32.2. The van der Waals surface area contributed by atoms with Crippen LogP contribution in [0.2, 0.25) is 0 Å². The van der Waals surface area contributed by atoms with Gasteiger partial charge in [0.1, 0.15) is 0 Å². The number of hydrogen-bond acceptors (Lipinski definition) is 5. The maximum Gasteiger partial charge on any atom is 0.325 e. The van der Waals surface area contributed by atoms with Crippen LogP contribution in [0.15, 0.2) is 60.7 Å². The van der Waals surface area contributed by atoms with Gasteiger partial charge < -0.3 is 10.4 Å². The first-order chi connectivity index (χ1) is 13.3. The van der Waals surface area contributed by atoms with E-state index in [1.165, 1.54) is 0 Å². The van der Waals surface area contributed by atoms with Crippen LogP contribution in [0.25, 0.3) is 0 Å². The second-order valence-electron chi connectivity index (χ2n) is 7.25. The lowest BCUT2D eigenvalue weighted by molar-refractivity contribution is -0.134. The molecule has 0 spiro atoms. The molecule has 2 aliphatic heterocycles. The third-order valence-electron chi connectivity index (χ3n) is 5.33. The fourth-order valence-corrected chi connectivity index (χ4v) is 5.76. The Hall–Kier alpha value is -2.71. The highest BCUT2D eigenvalue weighted by molar-refractivity contribution is 7.91. The van der Waals surface area contributed by atoms with Gasteiger partial charge in [0.05, 0.1) is 23.7 Å². The molecular weight excluding hydrogens is 380 g/mol. The number of nitrogens with zero attached hydrogens (tertiary/aromatic N) is 1. The highest BCUT2D eigenvalue weighted by Crippen LogP contribution is 2.35. The Morgan fingerprint density at radius 1 is 1.00 bits per heavy atom. The smallest absolute Gasteiger partial charge is 0.325 e. The number of aliphatic hydroxyl groups excluding tert-OH is 1. The second kappa shape index (κ2) is 6.72. The molecule has 4 rings (SSSR count). The van der Waals surface area contributed by atoms with Crippen molar-refractivity contribution in [3.8, 4) is 0 Å². The second-order valence-corrected chi connectivity index (χ2v) is 9.40. The van der Waals surface area contributed by atoms with Crippen LogP contribution in [0, 0.1) is 0 Å². The molecule has 2 saturated heterocycles. The number of nitrogens with one attached hydrogen (secondary N) is 1. The van der Waals surface area contributed by atoms with Crippen molar-refractivity contribution in [3.63, 3.8) is 0 Å². The van der Waals surface area contributed by atoms with Crippen molar-refractivity contribution in [2.45, 2.75) is 24.1 Å². The minimum absolute atomic E-state index is 0.217. The lowest BCUT2D eigenvalue weighted by Crippen LogP contribution is -2.49. The maximum absolute atomic E-state index is 13.5. The van der Waals surface area contributed by atoms with Crippen molar-refractivity contribution in [1.29, 1.82) is 0 Å². The average Bonchev–Trinajstić information content (AvgIpc) is 3.08. The van der Waals surface area contributed by atoms with E-state index in [4.69, 9.17) is 0 Å². The molecule has 2 aliphatic rings. The zero-order chi connectivity index (χ0) is 19.9. The number of hydrogen-bond donors (Lipinski definition) is 2. The molecule has 28 heavy (non-hydrogen) atoms. The summed E-state index contributed by atoms with van der Waals surface area (Å²) in [5.41, 5.74) is 0.0997. The van der Waals surface area contributed by atoms with Gasteiger partial charge in [-0.25, -0.2) is 13.2 Å². The molecule has 2 fully saturated rings. The van der Waals surface area contributed by atoms with Crippen LogP contribution in [0.1, 0.15) is 11.1 Å². The third kappa shape index (κ3) is 3.08. The fraction of sp³-hybridized carbons (Fsp3) is 0.300. The number of imide groups is 1. The van der Waals surface area contributed by atoms with E-state index in [0.29, 0.717) is 5.56 Å². The summed E-state index contributed by atoms with van der Waals surface area (Å²) in [4.78, 5) is 27.2. The van der Waals surface area contributed by atoms with E-state index in [-0.39, 0.29) is 6.42 Å². The molecule has 3 amide bonds. The zero-order valence-corrected chi connectivity index (χ0v) is 15.8. The van der Waals surface area contributed by atoms with Crippen LogP contribution in [0.3, 0.4) is 0 Å². The van der Waals surface area contributed by atoms with Gasteiger partial charge in [0.25, 0.3) is 5.91 Å². The molecular formula is C20H20N2O5S. The van der Waals surface area contributed by atoms with Gasteiger partial charge in [-0.05, 0) is 11.1 Å². The summed E-state index contributed by atoms with van der Waals surface area (Å²) in [6.07, 6.45) is -1.07. The van der Waals surface area contributed by atoms with E-state index >= 15 is 0 Å². The van der Waals surface area contributed by atoms with Crippen LogP contribution in [-0.2, 0) is 26.6 Å². The quantitative estimate of drug-likeness (QED) is 0.740. The fourth-order valence-electron chi connectivity index (χ4n) is 3.99. The maximum atomic E-state index is 13.5. The molecule has 2 aromatic rings. The molecule has 0 aliphatic carbocycles. The molecule has 0 saturated carbocycles. The molecule has 2 heterocycles. The monoisotopic (exact) mass is 400 g/mol. The van der Waals surface area contributed by atoms with Gasteiger partial charge in [-0.1, -0.05) is 60.7 Å². The number of rotatable bonds is 4. The first-order valence-electron chi connectivity index (χ1n) is 8.96. The summed E-state index contributed by atoms with van der Waals surface area (Å²) >= 11 is 0. The Balaban J connectivity index is 1.77. The normalized spacial score (nSPS) is 29.1. The van der Waals surface area contributed by atoms with E-state index in [1.807, 2.05) is 36.4 Å². The van der Waals surface area contributed by atoms with Gasteiger partial charge in [-0.2, -0.15) is 0 Å². The van der Waals surface area contributed by atoms with Crippen LogP contribution in [0.4, 0.5) is 4.79 Å². The van der Waals surface area contributed by atoms with Crippen molar-refractivity contribution in [2.24, 2.45) is 0 Å². The molecule has 2 aromatic carbocycles. The van der Waals surface area contributed by atoms with E-state index in [0.717, 1.165) is 10.5 Å². The summed E-state index contributed by atoms with van der Waals surface area (Å²) in [6, 6.07) is 16.4. The Morgan fingerprint density at radius 3 is 2.18 bits per heavy atom. The number of sulfone groups is 1.